The summed E-state index contributed by atoms with van der Waals surface area (Å²) >= 11 is 0. The zero-order valence-corrected chi connectivity index (χ0v) is 10.8. The minimum absolute atomic E-state index is 0.253. The summed E-state index contributed by atoms with van der Waals surface area (Å²) in [4.78, 5) is 23.3. The SMILES string of the molecule is O=C(O)/C=C(/Cc1ccccc1)C(=O)c1ccccc1. The van der Waals surface area contributed by atoms with Gasteiger partial charge in [-0.1, -0.05) is 60.7 Å². The number of carbonyl (C=O) groups excluding carboxylic acids is 1. The molecule has 100 valence electrons. The molecule has 2 aromatic carbocycles. The molecule has 0 fully saturated rings. The lowest BCUT2D eigenvalue weighted by Gasteiger charge is -2.06. The molecule has 0 amide bonds. The van der Waals surface area contributed by atoms with Crippen molar-refractivity contribution in [2.75, 3.05) is 0 Å². The van der Waals surface area contributed by atoms with Gasteiger partial charge in [0.25, 0.3) is 0 Å². The van der Waals surface area contributed by atoms with E-state index in [2.05, 4.69) is 0 Å². The van der Waals surface area contributed by atoms with Gasteiger partial charge in [-0.3, -0.25) is 4.79 Å². The molecule has 0 aromatic heterocycles. The van der Waals surface area contributed by atoms with E-state index in [-0.39, 0.29) is 11.4 Å². The first-order valence-electron chi connectivity index (χ1n) is 6.24. The predicted octanol–water partition coefficient (Wildman–Crippen LogP) is 3.12. The van der Waals surface area contributed by atoms with Crippen LogP contribution in [-0.4, -0.2) is 16.9 Å². The Kier molecular flexibility index (Phi) is 4.45. The Morgan fingerprint density at radius 3 is 2.00 bits per heavy atom. The molecule has 1 N–H and O–H groups in total. The van der Waals surface area contributed by atoms with Gasteiger partial charge in [-0.25, -0.2) is 4.79 Å². The largest absolute Gasteiger partial charge is 0.478 e. The van der Waals surface area contributed by atoms with Crippen LogP contribution in [0.15, 0.2) is 72.3 Å². The third-order valence-corrected chi connectivity index (χ3v) is 2.86. The normalized spacial score (nSPS) is 11.1. The highest BCUT2D eigenvalue weighted by Gasteiger charge is 2.14. The number of hydrogen-bond donors (Lipinski definition) is 1. The summed E-state index contributed by atoms with van der Waals surface area (Å²) in [5, 5.41) is 8.93. The van der Waals surface area contributed by atoms with E-state index in [1.54, 1.807) is 24.3 Å². The maximum Gasteiger partial charge on any atom is 0.328 e. The smallest absolute Gasteiger partial charge is 0.328 e. The van der Waals surface area contributed by atoms with Crippen LogP contribution in [0.4, 0.5) is 0 Å². The number of carboxylic acid groups (broad SMARTS) is 1. The Hall–Kier alpha value is -2.68. The molecule has 0 aliphatic heterocycles. The standard InChI is InChI=1S/C17H14O3/c18-16(19)12-15(11-13-7-3-1-4-8-13)17(20)14-9-5-2-6-10-14/h1-10,12H,11H2,(H,18,19)/b15-12-. The molecule has 0 spiro atoms. The monoisotopic (exact) mass is 266 g/mol. The summed E-state index contributed by atoms with van der Waals surface area (Å²) in [5.41, 5.74) is 1.68. The van der Waals surface area contributed by atoms with Gasteiger partial charge in [0, 0.05) is 23.6 Å². The number of benzene rings is 2. The van der Waals surface area contributed by atoms with E-state index in [0.717, 1.165) is 11.6 Å². The molecule has 3 heteroatoms. The fourth-order valence-electron chi connectivity index (χ4n) is 1.94. The van der Waals surface area contributed by atoms with Crippen molar-refractivity contribution in [3.8, 4) is 0 Å². The van der Waals surface area contributed by atoms with Crippen molar-refractivity contribution in [3.63, 3.8) is 0 Å². The number of rotatable bonds is 5. The summed E-state index contributed by atoms with van der Waals surface area (Å²) in [6, 6.07) is 18.0. The zero-order valence-electron chi connectivity index (χ0n) is 10.8. The van der Waals surface area contributed by atoms with Crippen LogP contribution in [0.25, 0.3) is 0 Å². The molecule has 0 bridgehead atoms. The zero-order chi connectivity index (χ0) is 14.4. The first kappa shape index (κ1) is 13.7. The lowest BCUT2D eigenvalue weighted by atomic mass is 9.97. The lowest BCUT2D eigenvalue weighted by Crippen LogP contribution is -2.08. The molecule has 2 rings (SSSR count). The van der Waals surface area contributed by atoms with Crippen LogP contribution in [0.1, 0.15) is 15.9 Å². The third kappa shape index (κ3) is 3.65. The molecular weight excluding hydrogens is 252 g/mol. The molecule has 0 aliphatic rings. The second-order valence-electron chi connectivity index (χ2n) is 4.37. The number of Topliss-reactive ketones (excluding diaryl/α,β-unsaturated/α-hetero) is 1. The van der Waals surface area contributed by atoms with Crippen molar-refractivity contribution in [2.24, 2.45) is 0 Å². The van der Waals surface area contributed by atoms with E-state index in [4.69, 9.17) is 5.11 Å². The van der Waals surface area contributed by atoms with E-state index in [0.29, 0.717) is 12.0 Å². The number of aliphatic carboxylic acids is 1. The highest BCUT2D eigenvalue weighted by molar-refractivity contribution is 6.11. The second-order valence-corrected chi connectivity index (χ2v) is 4.37. The highest BCUT2D eigenvalue weighted by atomic mass is 16.4. The maximum atomic E-state index is 12.4. The average molecular weight is 266 g/mol. The molecule has 0 saturated carbocycles. The van der Waals surface area contributed by atoms with Crippen LogP contribution in [0.3, 0.4) is 0 Å². The van der Waals surface area contributed by atoms with Crippen molar-refractivity contribution in [1.82, 2.24) is 0 Å². The summed E-state index contributed by atoms with van der Waals surface area (Å²) in [5.74, 6) is -1.36. The van der Waals surface area contributed by atoms with E-state index in [1.807, 2.05) is 36.4 Å². The Labute approximate surface area is 117 Å². The fourth-order valence-corrected chi connectivity index (χ4v) is 1.94. The number of carbonyl (C=O) groups is 2. The number of ketones is 1. The van der Waals surface area contributed by atoms with Crippen LogP contribution in [0, 0.1) is 0 Å². The van der Waals surface area contributed by atoms with Crippen LogP contribution < -0.4 is 0 Å². The minimum atomic E-state index is -1.11. The van der Waals surface area contributed by atoms with Crippen molar-refractivity contribution in [2.45, 2.75) is 6.42 Å². The van der Waals surface area contributed by atoms with Crippen LogP contribution in [0.5, 0.6) is 0 Å². The molecule has 0 heterocycles. The minimum Gasteiger partial charge on any atom is -0.478 e. The van der Waals surface area contributed by atoms with Crippen LogP contribution in [0.2, 0.25) is 0 Å². The summed E-state index contributed by atoms with van der Waals surface area (Å²) in [6.07, 6.45) is 1.29. The van der Waals surface area contributed by atoms with Gasteiger partial charge in [-0.05, 0) is 5.56 Å². The molecule has 20 heavy (non-hydrogen) atoms. The molecule has 0 unspecified atom stereocenters. The van der Waals surface area contributed by atoms with Gasteiger partial charge in [-0.15, -0.1) is 0 Å². The van der Waals surface area contributed by atoms with E-state index >= 15 is 0 Å². The Morgan fingerprint density at radius 1 is 0.900 bits per heavy atom. The van der Waals surface area contributed by atoms with Crippen molar-refractivity contribution >= 4 is 11.8 Å². The summed E-state index contributed by atoms with van der Waals surface area (Å²) in [6.45, 7) is 0. The molecule has 3 nitrogen and oxygen atoms in total. The first-order valence-corrected chi connectivity index (χ1v) is 6.24. The average Bonchev–Trinajstić information content (AvgIpc) is 2.47. The van der Waals surface area contributed by atoms with Gasteiger partial charge in [-0.2, -0.15) is 0 Å². The predicted molar refractivity (Wildman–Crippen MR) is 76.6 cm³/mol. The van der Waals surface area contributed by atoms with Crippen LogP contribution >= 0.6 is 0 Å². The number of carboxylic acids is 1. The second kappa shape index (κ2) is 6.48. The Balaban J connectivity index is 2.30. The third-order valence-electron chi connectivity index (χ3n) is 2.86. The molecule has 2 aromatic rings. The molecule has 0 aliphatic carbocycles. The topological polar surface area (TPSA) is 54.4 Å². The van der Waals surface area contributed by atoms with Crippen molar-refractivity contribution in [3.05, 3.63) is 83.4 Å². The van der Waals surface area contributed by atoms with E-state index in [9.17, 15) is 9.59 Å². The van der Waals surface area contributed by atoms with Gasteiger partial charge in [0.05, 0.1) is 0 Å². The summed E-state index contributed by atoms with van der Waals surface area (Å²) < 4.78 is 0. The van der Waals surface area contributed by atoms with E-state index in [1.165, 1.54) is 0 Å². The molecule has 0 radical (unpaired) electrons. The highest BCUT2D eigenvalue weighted by Crippen LogP contribution is 2.14. The van der Waals surface area contributed by atoms with Crippen molar-refractivity contribution in [1.29, 1.82) is 0 Å². The van der Waals surface area contributed by atoms with Gasteiger partial charge in [0.2, 0.25) is 0 Å². The number of hydrogen-bond acceptors (Lipinski definition) is 2. The van der Waals surface area contributed by atoms with Crippen LogP contribution in [-0.2, 0) is 11.2 Å². The van der Waals surface area contributed by atoms with E-state index < -0.39 is 5.97 Å². The fraction of sp³-hybridized carbons (Fsp3) is 0.0588. The first-order chi connectivity index (χ1) is 9.66. The molecular formula is C17H14O3. The van der Waals surface area contributed by atoms with Gasteiger partial charge < -0.3 is 5.11 Å². The Bertz CT molecular complexity index is 628. The number of allylic oxidation sites excluding steroid dienone is 1. The van der Waals surface area contributed by atoms with Gasteiger partial charge >= 0.3 is 5.97 Å². The van der Waals surface area contributed by atoms with Crippen molar-refractivity contribution < 1.29 is 14.7 Å². The molecule has 0 atom stereocenters. The lowest BCUT2D eigenvalue weighted by molar-refractivity contribution is -0.131. The van der Waals surface area contributed by atoms with Gasteiger partial charge in [0.15, 0.2) is 5.78 Å². The Morgan fingerprint density at radius 2 is 1.45 bits per heavy atom. The molecule has 0 saturated heterocycles. The maximum absolute atomic E-state index is 12.4. The van der Waals surface area contributed by atoms with Gasteiger partial charge in [0.1, 0.15) is 0 Å². The summed E-state index contributed by atoms with van der Waals surface area (Å²) in [7, 11) is 0. The quantitative estimate of drug-likeness (QED) is 0.668.